The first kappa shape index (κ1) is 32.4. The molecule has 3 heterocycles. The zero-order chi connectivity index (χ0) is 30.3. The third-order valence-corrected chi connectivity index (χ3v) is 8.20. The molecule has 0 unspecified atom stereocenters. The summed E-state index contributed by atoms with van der Waals surface area (Å²) in [6.07, 6.45) is -1.63. The van der Waals surface area contributed by atoms with Crippen molar-refractivity contribution in [3.05, 3.63) is 41.4 Å². The van der Waals surface area contributed by atoms with Crippen molar-refractivity contribution in [3.63, 3.8) is 0 Å². The third kappa shape index (κ3) is 7.17. The van der Waals surface area contributed by atoms with Gasteiger partial charge < -0.3 is 31.1 Å². The van der Waals surface area contributed by atoms with E-state index in [1.807, 2.05) is 5.32 Å². The van der Waals surface area contributed by atoms with E-state index in [9.17, 15) is 36.3 Å². The Morgan fingerprint density at radius 2 is 1.91 bits per heavy atom. The molecule has 0 aromatic carbocycles. The number of carbonyl (C=O) groups is 3. The second kappa shape index (κ2) is 12.2. The molecule has 17 heteroatoms. The van der Waals surface area contributed by atoms with Crippen molar-refractivity contribution < 1.29 is 40.9 Å². The van der Waals surface area contributed by atoms with E-state index in [-0.39, 0.29) is 49.7 Å². The first-order chi connectivity index (χ1) is 19.8. The fourth-order valence-electron chi connectivity index (χ4n) is 5.46. The van der Waals surface area contributed by atoms with E-state index in [1.54, 1.807) is 0 Å². The Labute approximate surface area is 248 Å². The van der Waals surface area contributed by atoms with Crippen molar-refractivity contribution in [2.24, 2.45) is 11.7 Å². The number of nitrogens with two attached hydrogens (primary N) is 1. The Bertz CT molecular complexity index is 1340. The van der Waals surface area contributed by atoms with Crippen LogP contribution in [0.15, 0.2) is 29.1 Å². The fourth-order valence-corrected chi connectivity index (χ4v) is 5.46. The van der Waals surface area contributed by atoms with Crippen LogP contribution in [0.5, 0.6) is 0 Å². The molecule has 2 aliphatic carbocycles. The number of rotatable bonds is 9. The molecule has 2 aromatic rings. The lowest BCUT2D eigenvalue weighted by Crippen LogP contribution is -2.50. The van der Waals surface area contributed by atoms with Gasteiger partial charge in [-0.05, 0) is 49.3 Å². The normalized spacial score (nSPS) is 21.9. The Morgan fingerprint density at radius 3 is 2.51 bits per heavy atom. The zero-order valence-electron chi connectivity index (χ0n) is 22.8. The lowest BCUT2D eigenvalue weighted by Gasteiger charge is -2.33. The molecule has 2 atom stereocenters. The largest absolute Gasteiger partial charge is 0.410 e. The Kier molecular flexibility index (Phi) is 9.21. The predicted molar refractivity (Wildman–Crippen MR) is 144 cm³/mol. The number of halogens is 6. The van der Waals surface area contributed by atoms with E-state index in [2.05, 4.69) is 20.8 Å². The maximum absolute atomic E-state index is 13.9. The average molecular weight is 636 g/mol. The van der Waals surface area contributed by atoms with Gasteiger partial charge in [-0.1, -0.05) is 5.16 Å². The number of alkyl halides is 5. The van der Waals surface area contributed by atoms with Crippen molar-refractivity contribution in [3.8, 4) is 0 Å². The van der Waals surface area contributed by atoms with Crippen LogP contribution in [-0.4, -0.2) is 70.2 Å². The molecule has 1 saturated heterocycles. The minimum absolute atomic E-state index is 0. The summed E-state index contributed by atoms with van der Waals surface area (Å²) >= 11 is 0. The molecule has 3 fully saturated rings. The number of amides is 4. The number of pyridine rings is 1. The van der Waals surface area contributed by atoms with Crippen molar-refractivity contribution in [2.45, 2.75) is 74.7 Å². The lowest BCUT2D eigenvalue weighted by molar-refractivity contribution is -0.149. The number of nitrogens with one attached hydrogen (secondary N) is 3. The number of anilines is 1. The molecule has 0 spiro atoms. The highest BCUT2D eigenvalue weighted by atomic mass is 35.5. The maximum atomic E-state index is 13.9. The zero-order valence-corrected chi connectivity index (χ0v) is 23.6. The highest BCUT2D eigenvalue weighted by Gasteiger charge is 2.49. The summed E-state index contributed by atoms with van der Waals surface area (Å²) in [5, 5.41) is 11.1. The number of hydrogen-bond donors (Lipinski definition) is 4. The molecule has 43 heavy (non-hydrogen) atoms. The van der Waals surface area contributed by atoms with Crippen LogP contribution in [0.1, 0.15) is 60.1 Å². The van der Waals surface area contributed by atoms with Gasteiger partial charge in [0.15, 0.2) is 0 Å². The minimum atomic E-state index is -4.60. The lowest BCUT2D eigenvalue weighted by atomic mass is 9.81. The van der Waals surface area contributed by atoms with Crippen LogP contribution in [0.2, 0.25) is 0 Å². The van der Waals surface area contributed by atoms with Crippen molar-refractivity contribution in [1.29, 1.82) is 0 Å². The minimum Gasteiger partial charge on any atom is -0.364 e. The van der Waals surface area contributed by atoms with E-state index in [0.29, 0.717) is 11.3 Å². The van der Waals surface area contributed by atoms with Gasteiger partial charge in [0.05, 0.1) is 6.54 Å². The molecule has 5 rings (SSSR count). The second-order valence-electron chi connectivity index (χ2n) is 11.2. The first-order valence-electron chi connectivity index (χ1n) is 13.5. The number of urea groups is 1. The Morgan fingerprint density at radius 1 is 1.21 bits per heavy atom. The SMILES string of the molecule is Cl.NCC1(c2nocc2C(=O)N[C@H](C(=O)Nc2cc(CN3C[C@@H](C(F)(F)F)NC3=O)ccn2)C2CCC(F)(F)CC2)CC1. The van der Waals surface area contributed by atoms with E-state index in [1.165, 1.54) is 18.3 Å². The highest BCUT2D eigenvalue weighted by Crippen LogP contribution is 2.47. The average Bonchev–Trinajstić information content (AvgIpc) is 3.39. The van der Waals surface area contributed by atoms with Gasteiger partial charge in [-0.15, -0.1) is 12.4 Å². The Balaban J connectivity index is 0.00000423. The molecule has 2 saturated carbocycles. The van der Waals surface area contributed by atoms with Gasteiger partial charge in [0.2, 0.25) is 11.8 Å². The van der Waals surface area contributed by atoms with Crippen LogP contribution in [0, 0.1) is 5.92 Å². The quantitative estimate of drug-likeness (QED) is 0.307. The number of nitrogens with zero attached hydrogens (tertiary/aromatic N) is 3. The standard InChI is InChI=1S/C26H30F5N7O4.ClH/c27-25(28)4-1-15(2-5-25)19(36-21(39)16-12-42-37-20(16)24(13-32)6-7-24)22(40)35-18-9-14(3-8-33-18)10-38-11-17(26(29,30)31)34-23(38)41;/h3,8-9,12,15,17,19H,1-2,4-7,10-11,13,32H2,(H,34,41)(H,36,39)(H,33,35,40);1H/t17-,19-;/m0./s1. The Hall–Kier alpha value is -3.53. The van der Waals surface area contributed by atoms with Crippen molar-refractivity contribution >= 4 is 36.1 Å². The predicted octanol–water partition coefficient (Wildman–Crippen LogP) is 3.50. The van der Waals surface area contributed by atoms with Gasteiger partial charge in [-0.2, -0.15) is 13.2 Å². The van der Waals surface area contributed by atoms with Crippen LogP contribution >= 0.6 is 12.4 Å². The van der Waals surface area contributed by atoms with E-state index in [4.69, 9.17) is 10.3 Å². The summed E-state index contributed by atoms with van der Waals surface area (Å²) in [7, 11) is 0. The molecule has 0 bridgehead atoms. The monoisotopic (exact) mass is 635 g/mol. The van der Waals surface area contributed by atoms with Gasteiger partial charge >= 0.3 is 12.2 Å². The number of hydrogen-bond acceptors (Lipinski definition) is 7. The molecule has 5 N–H and O–H groups in total. The van der Waals surface area contributed by atoms with Crippen molar-refractivity contribution in [2.75, 3.05) is 18.4 Å². The number of aromatic nitrogens is 2. The van der Waals surface area contributed by atoms with Gasteiger partial charge in [0.1, 0.15) is 35.4 Å². The van der Waals surface area contributed by atoms with Crippen molar-refractivity contribution in [1.82, 2.24) is 25.7 Å². The molecular weight excluding hydrogens is 605 g/mol. The van der Waals surface area contributed by atoms with E-state index >= 15 is 0 Å². The van der Waals surface area contributed by atoms with Gasteiger partial charge in [0, 0.05) is 37.5 Å². The summed E-state index contributed by atoms with van der Waals surface area (Å²) in [5.41, 5.74) is 6.27. The summed E-state index contributed by atoms with van der Waals surface area (Å²) in [6, 6.07) is -1.23. The molecule has 11 nitrogen and oxygen atoms in total. The van der Waals surface area contributed by atoms with Crippen LogP contribution < -0.4 is 21.7 Å². The molecule has 0 radical (unpaired) electrons. The van der Waals surface area contributed by atoms with Gasteiger partial charge in [-0.3, -0.25) is 9.59 Å². The van der Waals surface area contributed by atoms with Crippen LogP contribution in [0.3, 0.4) is 0 Å². The number of carbonyl (C=O) groups excluding carboxylic acids is 3. The molecule has 2 aromatic heterocycles. The second-order valence-corrected chi connectivity index (χ2v) is 11.2. The molecule has 4 amide bonds. The summed E-state index contributed by atoms with van der Waals surface area (Å²) in [6.45, 7) is -0.511. The fraction of sp³-hybridized carbons (Fsp3) is 0.577. The van der Waals surface area contributed by atoms with Crippen LogP contribution in [0.4, 0.5) is 32.6 Å². The van der Waals surface area contributed by atoms with Gasteiger partial charge in [0.25, 0.3) is 5.91 Å². The highest BCUT2D eigenvalue weighted by molar-refractivity contribution is 6.01. The van der Waals surface area contributed by atoms with E-state index in [0.717, 1.165) is 24.0 Å². The molecular formula is C26H31ClF5N7O4. The summed E-state index contributed by atoms with van der Waals surface area (Å²) in [4.78, 5) is 43.9. The summed E-state index contributed by atoms with van der Waals surface area (Å²) < 4.78 is 71.9. The van der Waals surface area contributed by atoms with Gasteiger partial charge in [-0.25, -0.2) is 18.6 Å². The topological polar surface area (TPSA) is 155 Å². The van der Waals surface area contributed by atoms with Crippen LogP contribution in [0.25, 0.3) is 0 Å². The molecule has 236 valence electrons. The molecule has 1 aliphatic heterocycles. The third-order valence-electron chi connectivity index (χ3n) is 8.20. The van der Waals surface area contributed by atoms with E-state index < -0.39 is 72.7 Å². The maximum Gasteiger partial charge on any atom is 0.410 e. The van der Waals surface area contributed by atoms with Crippen LogP contribution in [-0.2, 0) is 16.8 Å². The first-order valence-corrected chi connectivity index (χ1v) is 13.5. The molecule has 3 aliphatic rings. The smallest absolute Gasteiger partial charge is 0.364 e. The summed E-state index contributed by atoms with van der Waals surface area (Å²) in [5.74, 6) is -4.85.